The van der Waals surface area contributed by atoms with Gasteiger partial charge >= 0.3 is 0 Å². The second-order valence-electron chi connectivity index (χ2n) is 4.10. The summed E-state index contributed by atoms with van der Waals surface area (Å²) in [6.45, 7) is 0. The Balaban J connectivity index is 2.03. The van der Waals surface area contributed by atoms with Crippen LogP contribution in [-0.2, 0) is 12.8 Å². The van der Waals surface area contributed by atoms with E-state index in [1.54, 1.807) is 11.3 Å². The molecule has 1 unspecified atom stereocenters. The Morgan fingerprint density at radius 2 is 2.00 bits per heavy atom. The zero-order chi connectivity index (χ0) is 13.1. The Hall–Kier alpha value is -0.780. The summed E-state index contributed by atoms with van der Waals surface area (Å²) in [5.74, 6) is -1.10. The molecule has 2 N–H and O–H groups in total. The van der Waals surface area contributed by atoms with Crippen molar-refractivity contribution in [1.29, 1.82) is 0 Å². The Kier molecular flexibility index (Phi) is 4.48. The van der Waals surface area contributed by atoms with Crippen LogP contribution < -0.4 is 5.73 Å². The molecule has 0 spiro atoms. The fourth-order valence-electron chi connectivity index (χ4n) is 1.75. The summed E-state index contributed by atoms with van der Waals surface area (Å²) in [5, 5.41) is 1.98. The molecule has 0 aliphatic carbocycles. The summed E-state index contributed by atoms with van der Waals surface area (Å²) >= 11 is 5.05. The van der Waals surface area contributed by atoms with Crippen molar-refractivity contribution in [1.82, 2.24) is 0 Å². The predicted molar refractivity (Wildman–Crippen MR) is 73.8 cm³/mol. The molecule has 2 aromatic rings. The number of hydrogen-bond donors (Lipinski definition) is 1. The van der Waals surface area contributed by atoms with Crippen molar-refractivity contribution in [3.63, 3.8) is 0 Å². The summed E-state index contributed by atoms with van der Waals surface area (Å²) in [7, 11) is 0. The largest absolute Gasteiger partial charge is 0.327 e. The average Bonchev–Trinajstić information content (AvgIpc) is 2.69. The first-order valence-corrected chi connectivity index (χ1v) is 7.15. The molecule has 0 amide bonds. The lowest BCUT2D eigenvalue weighted by Crippen LogP contribution is -2.25. The van der Waals surface area contributed by atoms with Gasteiger partial charge in [-0.25, -0.2) is 8.78 Å². The van der Waals surface area contributed by atoms with Gasteiger partial charge in [-0.15, -0.1) is 11.3 Å². The van der Waals surface area contributed by atoms with Crippen LogP contribution in [0.1, 0.15) is 10.4 Å². The van der Waals surface area contributed by atoms with Crippen molar-refractivity contribution in [2.24, 2.45) is 5.73 Å². The van der Waals surface area contributed by atoms with Crippen molar-refractivity contribution in [3.8, 4) is 0 Å². The third kappa shape index (κ3) is 3.37. The first kappa shape index (κ1) is 13.6. The monoisotopic (exact) mass is 331 g/mol. The van der Waals surface area contributed by atoms with E-state index in [1.165, 1.54) is 12.1 Å². The van der Waals surface area contributed by atoms with Crippen molar-refractivity contribution in [3.05, 3.63) is 56.2 Å². The quantitative estimate of drug-likeness (QED) is 0.903. The number of nitrogens with two attached hydrogens (primary N) is 1. The van der Waals surface area contributed by atoms with Gasteiger partial charge in [-0.05, 0) is 51.8 Å². The maximum absolute atomic E-state index is 13.5. The van der Waals surface area contributed by atoms with Gasteiger partial charge in [-0.3, -0.25) is 0 Å². The van der Waals surface area contributed by atoms with Crippen LogP contribution in [0.5, 0.6) is 0 Å². The molecule has 1 aromatic heterocycles. The third-order valence-electron chi connectivity index (χ3n) is 2.64. The molecular formula is C13H12BrF2NS. The van der Waals surface area contributed by atoms with E-state index in [0.29, 0.717) is 18.4 Å². The van der Waals surface area contributed by atoms with E-state index < -0.39 is 11.6 Å². The summed E-state index contributed by atoms with van der Waals surface area (Å²) < 4.78 is 27.3. The van der Waals surface area contributed by atoms with Crippen molar-refractivity contribution in [2.75, 3.05) is 0 Å². The van der Waals surface area contributed by atoms with Crippen LogP contribution in [-0.4, -0.2) is 6.04 Å². The van der Waals surface area contributed by atoms with Gasteiger partial charge in [0.25, 0.3) is 0 Å². The molecule has 0 saturated carbocycles. The average molecular weight is 332 g/mol. The van der Waals surface area contributed by atoms with Crippen LogP contribution in [0.3, 0.4) is 0 Å². The molecular weight excluding hydrogens is 320 g/mol. The molecule has 1 nitrogen and oxygen atoms in total. The van der Waals surface area contributed by atoms with Crippen molar-refractivity contribution >= 4 is 27.3 Å². The third-order valence-corrected chi connectivity index (χ3v) is 4.58. The summed E-state index contributed by atoms with van der Waals surface area (Å²) in [4.78, 5) is 1.14. The standard InChI is InChI=1S/C13H12BrF2NS/c14-11-3-4-18-13(11)7-10(17)5-8-1-2-9(15)6-12(8)16/h1-4,6,10H,5,7,17H2. The van der Waals surface area contributed by atoms with Gasteiger partial charge < -0.3 is 5.73 Å². The first-order valence-electron chi connectivity index (χ1n) is 5.47. The normalized spacial score (nSPS) is 12.7. The highest BCUT2D eigenvalue weighted by molar-refractivity contribution is 9.10. The van der Waals surface area contributed by atoms with E-state index in [1.807, 2.05) is 11.4 Å². The minimum Gasteiger partial charge on any atom is -0.327 e. The van der Waals surface area contributed by atoms with Crippen LogP contribution in [0.2, 0.25) is 0 Å². The van der Waals surface area contributed by atoms with Gasteiger partial charge in [0.2, 0.25) is 0 Å². The van der Waals surface area contributed by atoms with Crippen LogP contribution in [0.25, 0.3) is 0 Å². The van der Waals surface area contributed by atoms with Gasteiger partial charge in [0.05, 0.1) is 0 Å². The number of benzene rings is 1. The minimum absolute atomic E-state index is 0.181. The number of thiophene rings is 1. The molecule has 0 aliphatic rings. The minimum atomic E-state index is -0.564. The molecule has 1 atom stereocenters. The maximum Gasteiger partial charge on any atom is 0.129 e. The lowest BCUT2D eigenvalue weighted by atomic mass is 10.0. The van der Waals surface area contributed by atoms with Gasteiger partial charge in [-0.1, -0.05) is 6.07 Å². The SMILES string of the molecule is NC(Cc1ccc(F)cc1F)Cc1sccc1Br. The zero-order valence-electron chi connectivity index (χ0n) is 9.50. The van der Waals surface area contributed by atoms with Crippen LogP contribution in [0.15, 0.2) is 34.1 Å². The maximum atomic E-state index is 13.5. The van der Waals surface area contributed by atoms with Crippen LogP contribution >= 0.6 is 27.3 Å². The molecule has 0 saturated heterocycles. The number of halogens is 3. The number of hydrogen-bond acceptors (Lipinski definition) is 2. The Bertz CT molecular complexity index is 542. The lowest BCUT2D eigenvalue weighted by Gasteiger charge is -2.11. The van der Waals surface area contributed by atoms with Gasteiger partial charge in [-0.2, -0.15) is 0 Å². The highest BCUT2D eigenvalue weighted by atomic mass is 79.9. The molecule has 2 rings (SSSR count). The molecule has 0 bridgehead atoms. The zero-order valence-corrected chi connectivity index (χ0v) is 11.9. The molecule has 0 fully saturated rings. The van der Waals surface area contributed by atoms with E-state index in [2.05, 4.69) is 15.9 Å². The summed E-state index contributed by atoms with van der Waals surface area (Å²) in [6.07, 6.45) is 1.07. The van der Waals surface area contributed by atoms with Gasteiger partial charge in [0.15, 0.2) is 0 Å². The van der Waals surface area contributed by atoms with E-state index in [-0.39, 0.29) is 6.04 Å². The van der Waals surface area contributed by atoms with Gasteiger partial charge in [0, 0.05) is 21.5 Å². The highest BCUT2D eigenvalue weighted by Gasteiger charge is 2.12. The Morgan fingerprint density at radius 3 is 2.61 bits per heavy atom. The summed E-state index contributed by atoms with van der Waals surface area (Å²) in [5.41, 5.74) is 6.45. The van der Waals surface area contributed by atoms with Crippen LogP contribution in [0.4, 0.5) is 8.78 Å². The number of rotatable bonds is 4. The highest BCUT2D eigenvalue weighted by Crippen LogP contribution is 2.24. The van der Waals surface area contributed by atoms with E-state index >= 15 is 0 Å². The smallest absolute Gasteiger partial charge is 0.129 e. The Labute approximate surface area is 117 Å². The second kappa shape index (κ2) is 5.91. The summed E-state index contributed by atoms with van der Waals surface area (Å²) in [6, 6.07) is 5.38. The topological polar surface area (TPSA) is 26.0 Å². The van der Waals surface area contributed by atoms with Gasteiger partial charge in [0.1, 0.15) is 11.6 Å². The Morgan fingerprint density at radius 1 is 1.22 bits per heavy atom. The van der Waals surface area contributed by atoms with Crippen LogP contribution in [0, 0.1) is 11.6 Å². The van der Waals surface area contributed by atoms with E-state index in [4.69, 9.17) is 5.73 Å². The molecule has 5 heteroatoms. The van der Waals surface area contributed by atoms with Crippen molar-refractivity contribution in [2.45, 2.75) is 18.9 Å². The van der Waals surface area contributed by atoms with Crippen molar-refractivity contribution < 1.29 is 8.78 Å². The molecule has 1 aromatic carbocycles. The second-order valence-corrected chi connectivity index (χ2v) is 5.95. The predicted octanol–water partition coefficient (Wildman–Crippen LogP) is 3.90. The van der Waals surface area contributed by atoms with E-state index in [9.17, 15) is 8.78 Å². The molecule has 0 radical (unpaired) electrons. The first-order chi connectivity index (χ1) is 8.56. The van der Waals surface area contributed by atoms with E-state index in [0.717, 1.165) is 15.4 Å². The fraction of sp³-hybridized carbons (Fsp3) is 0.231. The molecule has 1 heterocycles. The lowest BCUT2D eigenvalue weighted by molar-refractivity contribution is 0.559. The molecule has 18 heavy (non-hydrogen) atoms. The molecule has 0 aliphatic heterocycles. The molecule has 96 valence electrons. The fourth-order valence-corrected chi connectivity index (χ4v) is 3.36.